The summed E-state index contributed by atoms with van der Waals surface area (Å²) in [4.78, 5) is 0.987. The molecule has 3 aromatic rings. The number of anilines is 1. The van der Waals surface area contributed by atoms with E-state index in [4.69, 9.17) is 15.0 Å². The molecule has 0 spiro atoms. The summed E-state index contributed by atoms with van der Waals surface area (Å²) in [6.45, 7) is 2.02. The minimum absolute atomic E-state index is 0.290. The number of nitrogens with two attached hydrogens (primary N) is 1. The summed E-state index contributed by atoms with van der Waals surface area (Å²) in [7, 11) is 1.64. The number of nitrogens with zero attached hydrogens (tertiary/aromatic N) is 1. The van der Waals surface area contributed by atoms with Gasteiger partial charge >= 0.3 is 0 Å². The molecule has 0 amide bonds. The maximum absolute atomic E-state index is 6.00. The van der Waals surface area contributed by atoms with Gasteiger partial charge in [-0.2, -0.15) is 0 Å². The van der Waals surface area contributed by atoms with Crippen LogP contribution in [0.2, 0.25) is 0 Å². The van der Waals surface area contributed by atoms with Gasteiger partial charge in [0, 0.05) is 5.56 Å². The van der Waals surface area contributed by atoms with Gasteiger partial charge < -0.3 is 15.0 Å². The highest BCUT2D eigenvalue weighted by molar-refractivity contribution is 9.11. The summed E-state index contributed by atoms with van der Waals surface area (Å²) >= 11 is 5.04. The Hall–Kier alpha value is -1.79. The number of methoxy groups -OCH3 is 1. The molecule has 0 radical (unpaired) electrons. The molecule has 3 rings (SSSR count). The summed E-state index contributed by atoms with van der Waals surface area (Å²) in [6.07, 6.45) is 0. The zero-order chi connectivity index (χ0) is 15.0. The Morgan fingerprint density at radius 1 is 1.29 bits per heavy atom. The normalized spacial score (nSPS) is 10.8. The van der Waals surface area contributed by atoms with Crippen molar-refractivity contribution in [3.63, 3.8) is 0 Å². The van der Waals surface area contributed by atoms with Crippen LogP contribution in [0.15, 0.2) is 38.6 Å². The lowest BCUT2D eigenvalue weighted by Gasteiger charge is -2.09. The van der Waals surface area contributed by atoms with Gasteiger partial charge in [-0.3, -0.25) is 0 Å². The van der Waals surface area contributed by atoms with E-state index >= 15 is 0 Å². The topological polar surface area (TPSA) is 61.3 Å². The van der Waals surface area contributed by atoms with Gasteiger partial charge in [0.15, 0.2) is 0 Å². The van der Waals surface area contributed by atoms with Gasteiger partial charge in [0.05, 0.1) is 21.3 Å². The predicted molar refractivity (Wildman–Crippen MR) is 88.7 cm³/mol. The first kappa shape index (κ1) is 14.2. The zero-order valence-corrected chi connectivity index (χ0v) is 13.9. The van der Waals surface area contributed by atoms with Crippen LogP contribution >= 0.6 is 27.3 Å². The molecule has 21 heavy (non-hydrogen) atoms. The Bertz CT molecular complexity index is 795. The van der Waals surface area contributed by atoms with Crippen molar-refractivity contribution in [3.8, 4) is 27.4 Å². The van der Waals surface area contributed by atoms with Gasteiger partial charge in [0.1, 0.15) is 11.4 Å². The fourth-order valence-electron chi connectivity index (χ4n) is 2.19. The third-order valence-electron chi connectivity index (χ3n) is 3.15. The second-order valence-electron chi connectivity index (χ2n) is 4.58. The second-order valence-corrected chi connectivity index (χ2v) is 7.04. The summed E-state index contributed by atoms with van der Waals surface area (Å²) in [5.41, 5.74) is 9.50. The molecule has 0 saturated carbocycles. The van der Waals surface area contributed by atoms with Gasteiger partial charge in [0.2, 0.25) is 5.88 Å². The number of hydrogen-bond donors (Lipinski definition) is 1. The minimum Gasteiger partial charge on any atom is -0.496 e. The highest BCUT2D eigenvalue weighted by Gasteiger charge is 2.21. The number of benzene rings is 1. The molecule has 0 saturated heterocycles. The predicted octanol–water partition coefficient (Wildman–Crippen LogP) is 4.73. The highest BCUT2D eigenvalue weighted by Crippen LogP contribution is 2.43. The average Bonchev–Trinajstić information content (AvgIpc) is 3.04. The molecule has 108 valence electrons. The van der Waals surface area contributed by atoms with Crippen LogP contribution in [0, 0.1) is 6.92 Å². The van der Waals surface area contributed by atoms with Crippen molar-refractivity contribution < 1.29 is 9.26 Å². The highest BCUT2D eigenvalue weighted by atomic mass is 79.9. The molecule has 2 aromatic heterocycles. The maximum Gasteiger partial charge on any atom is 0.230 e. The average molecular weight is 365 g/mol. The van der Waals surface area contributed by atoms with Crippen molar-refractivity contribution in [1.29, 1.82) is 0 Å². The summed E-state index contributed by atoms with van der Waals surface area (Å²) in [5, 5.41) is 4.11. The van der Waals surface area contributed by atoms with E-state index in [-0.39, 0.29) is 0 Å². The lowest BCUT2D eigenvalue weighted by molar-refractivity contribution is 0.416. The Balaban J connectivity index is 2.24. The van der Waals surface area contributed by atoms with Gasteiger partial charge in [-0.05, 0) is 47.1 Å². The summed E-state index contributed by atoms with van der Waals surface area (Å²) < 4.78 is 11.7. The van der Waals surface area contributed by atoms with Crippen molar-refractivity contribution in [3.05, 3.63) is 39.7 Å². The fourth-order valence-corrected chi connectivity index (χ4v) is 3.56. The number of aromatic nitrogens is 1. The largest absolute Gasteiger partial charge is 0.496 e. The summed E-state index contributed by atoms with van der Waals surface area (Å²) in [6, 6.07) is 9.90. The lowest BCUT2D eigenvalue weighted by Crippen LogP contribution is -1.92. The van der Waals surface area contributed by atoms with E-state index in [9.17, 15) is 0 Å². The first-order valence-corrected chi connectivity index (χ1v) is 7.87. The quantitative estimate of drug-likeness (QED) is 0.729. The molecule has 0 unspecified atom stereocenters. The lowest BCUT2D eigenvalue weighted by atomic mass is 10.0. The monoisotopic (exact) mass is 364 g/mol. The van der Waals surface area contributed by atoms with Gasteiger partial charge in [0.25, 0.3) is 0 Å². The molecule has 1 aromatic carbocycles. The van der Waals surface area contributed by atoms with Crippen molar-refractivity contribution >= 4 is 33.2 Å². The van der Waals surface area contributed by atoms with Crippen molar-refractivity contribution in [2.45, 2.75) is 6.92 Å². The smallest absolute Gasteiger partial charge is 0.230 e. The van der Waals surface area contributed by atoms with Crippen LogP contribution in [0.3, 0.4) is 0 Å². The van der Waals surface area contributed by atoms with E-state index in [2.05, 4.69) is 21.1 Å². The first-order valence-electron chi connectivity index (χ1n) is 6.26. The molecule has 4 nitrogen and oxygen atoms in total. The Morgan fingerprint density at radius 2 is 2.10 bits per heavy atom. The number of rotatable bonds is 3. The number of thiophene rings is 1. The van der Waals surface area contributed by atoms with E-state index in [1.54, 1.807) is 18.4 Å². The number of ether oxygens (including phenoxy) is 1. The van der Waals surface area contributed by atoms with Crippen molar-refractivity contribution in [2.75, 3.05) is 12.8 Å². The van der Waals surface area contributed by atoms with Crippen LogP contribution in [0.5, 0.6) is 5.75 Å². The third-order valence-corrected chi connectivity index (χ3v) is 4.78. The molecule has 2 N–H and O–H groups in total. The van der Waals surface area contributed by atoms with Gasteiger partial charge in [-0.25, -0.2) is 0 Å². The SMILES string of the molecule is COc1ccc(C)cc1-c1c(-c2ccc(Br)s2)noc1N. The van der Waals surface area contributed by atoms with Crippen molar-refractivity contribution in [2.24, 2.45) is 0 Å². The van der Waals surface area contributed by atoms with Crippen molar-refractivity contribution in [1.82, 2.24) is 5.16 Å². The van der Waals surface area contributed by atoms with Crippen LogP contribution in [0.1, 0.15) is 5.56 Å². The molecule has 0 aliphatic heterocycles. The molecular formula is C15H13BrN2O2S. The Kier molecular flexibility index (Phi) is 3.73. The number of hydrogen-bond acceptors (Lipinski definition) is 5. The van der Waals surface area contributed by atoms with Gasteiger partial charge in [-0.15, -0.1) is 11.3 Å². The number of aryl methyl sites for hydroxylation is 1. The van der Waals surface area contributed by atoms with Crippen LogP contribution in [-0.2, 0) is 0 Å². The number of nitrogen functional groups attached to an aromatic ring is 1. The van der Waals surface area contributed by atoms with Crippen LogP contribution in [0.25, 0.3) is 21.7 Å². The minimum atomic E-state index is 0.290. The molecular weight excluding hydrogens is 352 g/mol. The standard InChI is InChI=1S/C15H13BrN2O2S/c1-8-3-4-10(19-2)9(7-8)13-14(18-20-15(13)17)11-5-6-12(16)21-11/h3-7H,17H2,1-2H3. The third kappa shape index (κ3) is 2.56. The molecule has 6 heteroatoms. The molecule has 0 aliphatic rings. The van der Waals surface area contributed by atoms with Crippen LogP contribution in [0.4, 0.5) is 5.88 Å². The molecule has 0 bridgehead atoms. The van der Waals surface area contributed by atoms with E-state index in [0.717, 1.165) is 36.8 Å². The second kappa shape index (κ2) is 5.54. The van der Waals surface area contributed by atoms with E-state index in [0.29, 0.717) is 5.88 Å². The zero-order valence-electron chi connectivity index (χ0n) is 11.5. The fraction of sp³-hybridized carbons (Fsp3) is 0.133. The van der Waals surface area contributed by atoms with E-state index in [1.165, 1.54) is 0 Å². The van der Waals surface area contributed by atoms with E-state index < -0.39 is 0 Å². The molecule has 2 heterocycles. The first-order chi connectivity index (χ1) is 10.1. The Labute approximate surface area is 134 Å². The van der Waals surface area contributed by atoms with Crippen LogP contribution in [-0.4, -0.2) is 12.3 Å². The molecule has 0 aliphatic carbocycles. The number of halogens is 1. The van der Waals surface area contributed by atoms with Gasteiger partial charge in [-0.1, -0.05) is 16.8 Å². The summed E-state index contributed by atoms with van der Waals surface area (Å²) in [5.74, 6) is 1.03. The Morgan fingerprint density at radius 3 is 2.76 bits per heavy atom. The van der Waals surface area contributed by atoms with Crippen LogP contribution < -0.4 is 10.5 Å². The van der Waals surface area contributed by atoms with E-state index in [1.807, 2.05) is 37.3 Å². The molecule has 0 atom stereocenters. The molecule has 0 fully saturated rings. The maximum atomic E-state index is 6.00.